The number of hydrogen-bond acceptors (Lipinski definition) is 2. The second-order valence-corrected chi connectivity index (χ2v) is 4.91. The molecule has 106 valence electrons. The van der Waals surface area contributed by atoms with E-state index in [1.165, 1.54) is 18.5 Å². The van der Waals surface area contributed by atoms with E-state index in [4.69, 9.17) is 0 Å². The average Bonchev–Trinajstić information content (AvgIpc) is 3.11. The van der Waals surface area contributed by atoms with E-state index in [2.05, 4.69) is 9.97 Å². The normalized spacial score (nSPS) is 15.6. The number of halogens is 3. The number of rotatable bonds is 3. The van der Waals surface area contributed by atoms with E-state index in [9.17, 15) is 18.0 Å². The first-order valence-electron chi connectivity index (χ1n) is 6.25. The van der Waals surface area contributed by atoms with Crippen molar-refractivity contribution in [3.63, 3.8) is 0 Å². The number of carbonyl (C=O) groups excluding carboxylic acids is 1. The van der Waals surface area contributed by atoms with Crippen molar-refractivity contribution in [1.29, 1.82) is 0 Å². The molecule has 0 radical (unpaired) electrons. The monoisotopic (exact) mass is 283 g/mol. The number of nitrogens with one attached hydrogen (secondary N) is 1. The number of aromatic amines is 1. The minimum atomic E-state index is -4.38. The molecule has 1 N–H and O–H groups in total. The van der Waals surface area contributed by atoms with E-state index in [0.717, 1.165) is 4.90 Å². The molecule has 7 heteroatoms. The van der Waals surface area contributed by atoms with Gasteiger partial charge in [-0.3, -0.25) is 4.79 Å². The van der Waals surface area contributed by atoms with Crippen molar-refractivity contribution < 1.29 is 18.0 Å². The van der Waals surface area contributed by atoms with Gasteiger partial charge in [0.15, 0.2) is 0 Å². The lowest BCUT2D eigenvalue weighted by Gasteiger charge is -2.23. The standard InChI is InChI=1S/C13H12F3N3O/c14-13(15,16)6-19(9-2-3-9)12(20)8-1-4-10-11(5-8)18-7-17-10/h1,4-5,7,9H,2-3,6H2,(H,17,18). The molecule has 3 rings (SSSR count). The SMILES string of the molecule is O=C(c1ccc2nc[nH]c2c1)N(CC(F)(F)F)C1CC1. The molecule has 4 nitrogen and oxygen atoms in total. The van der Waals surface area contributed by atoms with Crippen molar-refractivity contribution in [3.05, 3.63) is 30.1 Å². The molecule has 1 saturated carbocycles. The Morgan fingerprint density at radius 2 is 2.15 bits per heavy atom. The van der Waals surface area contributed by atoms with Gasteiger partial charge in [0, 0.05) is 11.6 Å². The fourth-order valence-electron chi connectivity index (χ4n) is 2.18. The summed E-state index contributed by atoms with van der Waals surface area (Å²) < 4.78 is 37.7. The van der Waals surface area contributed by atoms with Gasteiger partial charge < -0.3 is 9.88 Å². The lowest BCUT2D eigenvalue weighted by Crippen LogP contribution is -2.40. The number of hydrogen-bond donors (Lipinski definition) is 1. The molecule has 1 aromatic heterocycles. The molecule has 1 heterocycles. The van der Waals surface area contributed by atoms with Gasteiger partial charge in [-0.2, -0.15) is 13.2 Å². The van der Waals surface area contributed by atoms with E-state index >= 15 is 0 Å². The summed E-state index contributed by atoms with van der Waals surface area (Å²) in [4.78, 5) is 20.0. The van der Waals surface area contributed by atoms with Crippen LogP contribution in [0.1, 0.15) is 23.2 Å². The first kappa shape index (κ1) is 13.0. The second-order valence-electron chi connectivity index (χ2n) is 4.91. The highest BCUT2D eigenvalue weighted by Crippen LogP contribution is 2.31. The second kappa shape index (κ2) is 4.50. The molecule has 2 aromatic rings. The molecule has 1 aliphatic carbocycles. The molecule has 20 heavy (non-hydrogen) atoms. The smallest absolute Gasteiger partial charge is 0.345 e. The highest BCUT2D eigenvalue weighted by Gasteiger charge is 2.40. The number of nitrogens with zero attached hydrogens (tertiary/aromatic N) is 2. The van der Waals surface area contributed by atoms with Crippen molar-refractivity contribution in [1.82, 2.24) is 14.9 Å². The number of amides is 1. The predicted octanol–water partition coefficient (Wildman–Crippen LogP) is 2.73. The van der Waals surface area contributed by atoms with Gasteiger partial charge in [-0.15, -0.1) is 0 Å². The van der Waals surface area contributed by atoms with Crippen molar-refractivity contribution in [2.24, 2.45) is 0 Å². The van der Waals surface area contributed by atoms with Crippen LogP contribution in [0.25, 0.3) is 11.0 Å². The maximum Gasteiger partial charge on any atom is 0.406 e. The molecule has 0 bridgehead atoms. The zero-order valence-corrected chi connectivity index (χ0v) is 10.4. The molecule has 0 aliphatic heterocycles. The van der Waals surface area contributed by atoms with Crippen LogP contribution in [-0.4, -0.2) is 39.5 Å². The molecule has 0 spiro atoms. The van der Waals surface area contributed by atoms with Crippen LogP contribution in [0.4, 0.5) is 13.2 Å². The van der Waals surface area contributed by atoms with E-state index in [1.54, 1.807) is 6.07 Å². The van der Waals surface area contributed by atoms with Crippen LogP contribution in [0.5, 0.6) is 0 Å². The summed E-state index contributed by atoms with van der Waals surface area (Å²) in [5, 5.41) is 0. The fraction of sp³-hybridized carbons (Fsp3) is 0.385. The average molecular weight is 283 g/mol. The maximum atomic E-state index is 12.6. The Labute approximate surface area is 112 Å². The first-order valence-corrected chi connectivity index (χ1v) is 6.25. The Morgan fingerprint density at radius 3 is 2.80 bits per heavy atom. The van der Waals surface area contributed by atoms with Gasteiger partial charge >= 0.3 is 6.18 Å². The lowest BCUT2D eigenvalue weighted by molar-refractivity contribution is -0.141. The van der Waals surface area contributed by atoms with Crippen LogP contribution < -0.4 is 0 Å². The quantitative estimate of drug-likeness (QED) is 0.941. The molecule has 0 atom stereocenters. The summed E-state index contributed by atoms with van der Waals surface area (Å²) >= 11 is 0. The predicted molar refractivity (Wildman–Crippen MR) is 66.2 cm³/mol. The number of imidazole rings is 1. The van der Waals surface area contributed by atoms with Crippen molar-refractivity contribution >= 4 is 16.9 Å². The number of benzene rings is 1. The van der Waals surface area contributed by atoms with Gasteiger partial charge in [-0.05, 0) is 31.0 Å². The van der Waals surface area contributed by atoms with Crippen molar-refractivity contribution in [2.75, 3.05) is 6.54 Å². The van der Waals surface area contributed by atoms with E-state index in [1.807, 2.05) is 0 Å². The number of aromatic nitrogens is 2. The Kier molecular flexibility index (Phi) is 2.92. The summed E-state index contributed by atoms with van der Waals surface area (Å²) in [7, 11) is 0. The topological polar surface area (TPSA) is 49.0 Å². The van der Waals surface area contributed by atoms with Crippen LogP contribution in [0.3, 0.4) is 0 Å². The van der Waals surface area contributed by atoms with Gasteiger partial charge in [0.25, 0.3) is 5.91 Å². The minimum Gasteiger partial charge on any atom is -0.345 e. The molecule has 0 saturated heterocycles. The zero-order chi connectivity index (χ0) is 14.3. The van der Waals surface area contributed by atoms with Crippen LogP contribution in [-0.2, 0) is 0 Å². The highest BCUT2D eigenvalue weighted by atomic mass is 19.4. The number of H-pyrrole nitrogens is 1. The Bertz CT molecular complexity index is 646. The molecular weight excluding hydrogens is 271 g/mol. The Morgan fingerprint density at radius 1 is 1.40 bits per heavy atom. The van der Waals surface area contributed by atoms with Crippen LogP contribution in [0.15, 0.2) is 24.5 Å². The number of alkyl halides is 3. The van der Waals surface area contributed by atoms with Crippen molar-refractivity contribution in [3.8, 4) is 0 Å². The van der Waals surface area contributed by atoms with E-state index < -0.39 is 18.6 Å². The minimum absolute atomic E-state index is 0.248. The zero-order valence-electron chi connectivity index (χ0n) is 10.4. The molecule has 1 aromatic carbocycles. The van der Waals surface area contributed by atoms with Crippen LogP contribution in [0, 0.1) is 0 Å². The fourth-order valence-corrected chi connectivity index (χ4v) is 2.18. The Balaban J connectivity index is 1.88. The third-order valence-corrected chi connectivity index (χ3v) is 3.27. The lowest BCUT2D eigenvalue weighted by atomic mass is 10.1. The Hall–Kier alpha value is -2.05. The van der Waals surface area contributed by atoms with Gasteiger partial charge in [0.1, 0.15) is 6.54 Å². The summed E-state index contributed by atoms with van der Waals surface area (Å²) in [5.41, 5.74) is 1.56. The van der Waals surface area contributed by atoms with Crippen molar-refractivity contribution in [2.45, 2.75) is 25.1 Å². The third-order valence-electron chi connectivity index (χ3n) is 3.27. The summed E-state index contributed by atoms with van der Waals surface area (Å²) in [6.07, 6.45) is -1.63. The van der Waals surface area contributed by atoms with Gasteiger partial charge in [-0.25, -0.2) is 4.98 Å². The molecule has 1 aliphatic rings. The maximum absolute atomic E-state index is 12.6. The van der Waals surface area contributed by atoms with Crippen LogP contribution in [0.2, 0.25) is 0 Å². The largest absolute Gasteiger partial charge is 0.406 e. The number of carbonyl (C=O) groups is 1. The number of fused-ring (bicyclic) bond motifs is 1. The molecular formula is C13H12F3N3O. The summed E-state index contributed by atoms with van der Waals surface area (Å²) in [6.45, 7) is -1.20. The molecule has 0 unspecified atom stereocenters. The van der Waals surface area contributed by atoms with Gasteiger partial charge in [-0.1, -0.05) is 0 Å². The summed E-state index contributed by atoms with van der Waals surface area (Å²) in [5.74, 6) is -0.582. The summed E-state index contributed by atoms with van der Waals surface area (Å²) in [6, 6.07) is 4.38. The van der Waals surface area contributed by atoms with E-state index in [0.29, 0.717) is 23.9 Å². The van der Waals surface area contributed by atoms with Crippen LogP contribution >= 0.6 is 0 Å². The first-order chi connectivity index (χ1) is 9.44. The van der Waals surface area contributed by atoms with E-state index in [-0.39, 0.29) is 11.6 Å². The highest BCUT2D eigenvalue weighted by molar-refractivity contribution is 5.97. The third kappa shape index (κ3) is 2.61. The molecule has 1 amide bonds. The van der Waals surface area contributed by atoms with Gasteiger partial charge in [0.2, 0.25) is 0 Å². The van der Waals surface area contributed by atoms with Gasteiger partial charge in [0.05, 0.1) is 17.4 Å². The molecule has 1 fully saturated rings.